The topological polar surface area (TPSA) is 12.9 Å². The van der Waals surface area contributed by atoms with E-state index in [2.05, 4.69) is 24.0 Å². The number of rotatable bonds is 12. The lowest BCUT2D eigenvalue weighted by molar-refractivity contribution is 0.549. The molecule has 0 fully saturated rings. The quantitative estimate of drug-likeness (QED) is 0.423. The minimum Gasteiger partial charge on any atom is -0.269 e. The maximum atomic E-state index is 4.36. The molecule has 0 aliphatic rings. The molecule has 0 radical (unpaired) electrons. The third-order valence-electron chi connectivity index (χ3n) is 3.76. The van der Waals surface area contributed by atoms with Gasteiger partial charge in [-0.25, -0.2) is 0 Å². The molecule has 0 atom stereocenters. The lowest BCUT2D eigenvalue weighted by Gasteiger charge is -2.02. The van der Waals surface area contributed by atoms with Crippen LogP contribution in [0.5, 0.6) is 0 Å². The van der Waals surface area contributed by atoms with E-state index in [9.17, 15) is 0 Å². The number of halogens is 1. The van der Waals surface area contributed by atoms with E-state index in [0.29, 0.717) is 0 Å². The van der Waals surface area contributed by atoms with Gasteiger partial charge in [-0.05, 0) is 25.0 Å². The van der Waals surface area contributed by atoms with Gasteiger partial charge in [-0.3, -0.25) is 9.69 Å². The third-order valence-corrected chi connectivity index (χ3v) is 3.76. The molecule has 1 heterocycles. The predicted molar refractivity (Wildman–Crippen MR) is 86.9 cm³/mol. The van der Waals surface area contributed by atoms with E-state index in [1.165, 1.54) is 76.3 Å². The van der Waals surface area contributed by atoms with Crippen LogP contribution in [-0.4, -0.2) is 4.98 Å². The summed E-state index contributed by atoms with van der Waals surface area (Å²) in [4.78, 5) is 4.36. The molecule has 0 saturated heterocycles. The monoisotopic (exact) mass is 281 g/mol. The van der Waals surface area contributed by atoms with Crippen molar-refractivity contribution in [3.8, 4) is 0 Å². The SMILES string of the molecule is CCCCCCCCCCCCCc1ccccn1.F. The Morgan fingerprint density at radius 2 is 1.30 bits per heavy atom. The molecule has 0 saturated carbocycles. The van der Waals surface area contributed by atoms with Crippen LogP contribution >= 0.6 is 0 Å². The van der Waals surface area contributed by atoms with Gasteiger partial charge in [-0.1, -0.05) is 77.2 Å². The van der Waals surface area contributed by atoms with Gasteiger partial charge < -0.3 is 0 Å². The van der Waals surface area contributed by atoms with E-state index in [-0.39, 0.29) is 4.70 Å². The van der Waals surface area contributed by atoms with Crippen molar-refractivity contribution in [3.05, 3.63) is 30.1 Å². The molecule has 1 aromatic heterocycles. The van der Waals surface area contributed by atoms with Crippen molar-refractivity contribution >= 4 is 0 Å². The predicted octanol–water partition coefficient (Wildman–Crippen LogP) is 6.09. The van der Waals surface area contributed by atoms with Gasteiger partial charge in [0.05, 0.1) is 0 Å². The molecule has 116 valence electrons. The summed E-state index contributed by atoms with van der Waals surface area (Å²) in [5, 5.41) is 0. The van der Waals surface area contributed by atoms with Gasteiger partial charge in [0, 0.05) is 11.9 Å². The number of pyridine rings is 1. The van der Waals surface area contributed by atoms with Crippen molar-refractivity contribution < 1.29 is 4.70 Å². The zero-order chi connectivity index (χ0) is 13.6. The van der Waals surface area contributed by atoms with Crippen molar-refractivity contribution in [1.82, 2.24) is 4.98 Å². The van der Waals surface area contributed by atoms with Gasteiger partial charge in [0.2, 0.25) is 0 Å². The second kappa shape index (κ2) is 14.5. The maximum Gasteiger partial charge on any atom is 0.0403 e. The molecule has 0 N–H and O–H groups in total. The van der Waals surface area contributed by atoms with Crippen LogP contribution in [0, 0.1) is 0 Å². The molecule has 2 heteroatoms. The second-order valence-corrected chi connectivity index (χ2v) is 5.61. The molecule has 0 bridgehead atoms. The van der Waals surface area contributed by atoms with Gasteiger partial charge in [0.15, 0.2) is 0 Å². The standard InChI is InChI=1S/C18H31N.FH/c1-2-3-4-5-6-7-8-9-10-11-12-15-18-16-13-14-17-19-18;/h13-14,16-17H,2-12,15H2,1H3;1H. The average Bonchev–Trinajstić information content (AvgIpc) is 2.46. The summed E-state index contributed by atoms with van der Waals surface area (Å²) >= 11 is 0. The van der Waals surface area contributed by atoms with Crippen LogP contribution in [0.2, 0.25) is 0 Å². The minimum atomic E-state index is 0. The lowest BCUT2D eigenvalue weighted by atomic mass is 10.0. The first-order valence-corrected chi connectivity index (χ1v) is 8.33. The number of aryl methyl sites for hydroxylation is 1. The van der Waals surface area contributed by atoms with Crippen LogP contribution in [-0.2, 0) is 6.42 Å². The fraction of sp³-hybridized carbons (Fsp3) is 0.722. The van der Waals surface area contributed by atoms with Crippen LogP contribution < -0.4 is 0 Å². The average molecular weight is 281 g/mol. The first-order chi connectivity index (χ1) is 9.43. The van der Waals surface area contributed by atoms with Crippen LogP contribution in [0.1, 0.15) is 83.2 Å². The fourth-order valence-corrected chi connectivity index (χ4v) is 2.52. The molecular weight excluding hydrogens is 249 g/mol. The van der Waals surface area contributed by atoms with Crippen LogP contribution in [0.25, 0.3) is 0 Å². The van der Waals surface area contributed by atoms with Gasteiger partial charge >= 0.3 is 0 Å². The second-order valence-electron chi connectivity index (χ2n) is 5.61. The smallest absolute Gasteiger partial charge is 0.0403 e. The Morgan fingerprint density at radius 3 is 1.80 bits per heavy atom. The largest absolute Gasteiger partial charge is 0.269 e. The summed E-state index contributed by atoms with van der Waals surface area (Å²) in [5.74, 6) is 0. The molecule has 0 aliphatic carbocycles. The molecule has 1 rings (SSSR count). The molecule has 1 nitrogen and oxygen atoms in total. The Hall–Kier alpha value is -0.920. The minimum absolute atomic E-state index is 0. The summed E-state index contributed by atoms with van der Waals surface area (Å²) in [7, 11) is 0. The Labute approximate surface area is 124 Å². The number of aromatic nitrogens is 1. The van der Waals surface area contributed by atoms with E-state index < -0.39 is 0 Å². The highest BCUT2D eigenvalue weighted by molar-refractivity contribution is 5.03. The van der Waals surface area contributed by atoms with Gasteiger partial charge in [0.1, 0.15) is 0 Å². The Balaban J connectivity index is 0.00000361. The maximum absolute atomic E-state index is 4.36. The summed E-state index contributed by atoms with van der Waals surface area (Å²) in [5.41, 5.74) is 1.25. The summed E-state index contributed by atoms with van der Waals surface area (Å²) < 4.78 is 0. The van der Waals surface area contributed by atoms with Crippen molar-refractivity contribution in [2.24, 2.45) is 0 Å². The number of unbranched alkanes of at least 4 members (excludes halogenated alkanes) is 10. The van der Waals surface area contributed by atoms with E-state index in [0.717, 1.165) is 6.42 Å². The molecular formula is C18H32FN. The number of nitrogens with zero attached hydrogens (tertiary/aromatic N) is 1. The molecule has 0 aromatic carbocycles. The Bertz CT molecular complexity index is 287. The molecule has 0 spiro atoms. The molecule has 0 amide bonds. The normalized spacial score (nSPS) is 10.2. The highest BCUT2D eigenvalue weighted by atomic mass is 19.0. The Kier molecular flexibility index (Phi) is 13.8. The number of hydrogen-bond acceptors (Lipinski definition) is 1. The summed E-state index contributed by atoms with van der Waals surface area (Å²) in [6, 6.07) is 6.21. The van der Waals surface area contributed by atoms with E-state index in [1.54, 1.807) is 0 Å². The van der Waals surface area contributed by atoms with Gasteiger partial charge in [-0.15, -0.1) is 0 Å². The Morgan fingerprint density at radius 1 is 0.750 bits per heavy atom. The van der Waals surface area contributed by atoms with Gasteiger partial charge in [0.25, 0.3) is 0 Å². The van der Waals surface area contributed by atoms with Crippen molar-refractivity contribution in [3.63, 3.8) is 0 Å². The van der Waals surface area contributed by atoms with Gasteiger partial charge in [-0.2, -0.15) is 0 Å². The molecule has 1 aromatic rings. The summed E-state index contributed by atoms with van der Waals surface area (Å²) in [6.45, 7) is 2.28. The fourth-order valence-electron chi connectivity index (χ4n) is 2.52. The first kappa shape index (κ1) is 19.1. The highest BCUT2D eigenvalue weighted by Crippen LogP contribution is 2.12. The van der Waals surface area contributed by atoms with E-state index in [4.69, 9.17) is 0 Å². The first-order valence-electron chi connectivity index (χ1n) is 8.33. The van der Waals surface area contributed by atoms with Crippen molar-refractivity contribution in [2.75, 3.05) is 0 Å². The third kappa shape index (κ3) is 11.0. The lowest BCUT2D eigenvalue weighted by Crippen LogP contribution is -1.89. The zero-order valence-electron chi connectivity index (χ0n) is 13.2. The molecule has 20 heavy (non-hydrogen) atoms. The van der Waals surface area contributed by atoms with Crippen LogP contribution in [0.15, 0.2) is 24.4 Å². The number of hydrogen-bond donors (Lipinski definition) is 0. The van der Waals surface area contributed by atoms with E-state index in [1.807, 2.05) is 12.3 Å². The van der Waals surface area contributed by atoms with Crippen molar-refractivity contribution in [1.29, 1.82) is 0 Å². The highest BCUT2D eigenvalue weighted by Gasteiger charge is 1.95. The molecule has 0 unspecified atom stereocenters. The van der Waals surface area contributed by atoms with Crippen LogP contribution in [0.4, 0.5) is 4.70 Å². The van der Waals surface area contributed by atoms with E-state index >= 15 is 0 Å². The summed E-state index contributed by atoms with van der Waals surface area (Å²) in [6.07, 6.45) is 18.6. The van der Waals surface area contributed by atoms with Crippen molar-refractivity contribution in [2.45, 2.75) is 84.0 Å². The van der Waals surface area contributed by atoms with Crippen LogP contribution in [0.3, 0.4) is 0 Å². The molecule has 0 aliphatic heterocycles. The zero-order valence-corrected chi connectivity index (χ0v) is 13.2.